The van der Waals surface area contributed by atoms with Gasteiger partial charge in [0.05, 0.1) is 0 Å². The minimum absolute atomic E-state index is 0.647. The highest BCUT2D eigenvalue weighted by Crippen LogP contribution is 2.25. The van der Waals surface area contributed by atoms with E-state index in [-0.39, 0.29) is 0 Å². The smallest absolute Gasteiger partial charge is 0.133 e. The third-order valence-corrected chi connectivity index (χ3v) is 3.83. The minimum atomic E-state index is 0.647. The lowest BCUT2D eigenvalue weighted by Crippen LogP contribution is -2.39. The van der Waals surface area contributed by atoms with Gasteiger partial charge in [-0.15, -0.1) is 0 Å². The topological polar surface area (TPSA) is 16.1 Å². The highest BCUT2D eigenvalue weighted by atomic mass is 35.5. The van der Waals surface area contributed by atoms with Gasteiger partial charge in [-0.05, 0) is 38.3 Å². The molecule has 2 atom stereocenters. The maximum Gasteiger partial charge on any atom is 0.133 e. The molecule has 1 aromatic rings. The fraction of sp³-hybridized carbons (Fsp3) is 0.615. The van der Waals surface area contributed by atoms with E-state index in [1.54, 1.807) is 6.20 Å². The van der Waals surface area contributed by atoms with Crippen molar-refractivity contribution < 1.29 is 0 Å². The Morgan fingerprint density at radius 3 is 3.00 bits per heavy atom. The molecule has 0 spiro atoms. The first-order valence-electron chi connectivity index (χ1n) is 6.00. The Hall–Kier alpha value is -0.600. The Morgan fingerprint density at radius 1 is 1.50 bits per heavy atom. The molecule has 0 saturated carbocycles. The summed E-state index contributed by atoms with van der Waals surface area (Å²) in [5.41, 5.74) is 1.14. The van der Waals surface area contributed by atoms with Crippen LogP contribution in [0.4, 0.5) is 0 Å². The molecular weight excluding hydrogens is 220 g/mol. The van der Waals surface area contributed by atoms with E-state index in [2.05, 4.69) is 29.8 Å². The van der Waals surface area contributed by atoms with Crippen LogP contribution in [0.2, 0.25) is 5.15 Å². The molecule has 2 heterocycles. The van der Waals surface area contributed by atoms with Gasteiger partial charge in [-0.25, -0.2) is 4.98 Å². The van der Waals surface area contributed by atoms with Crippen molar-refractivity contribution in [2.45, 2.75) is 39.3 Å². The van der Waals surface area contributed by atoms with E-state index in [0.29, 0.717) is 11.2 Å². The SMILES string of the molecule is CC1CCN(Cc2cccnc2Cl)C(C)C1. The molecule has 0 N–H and O–H groups in total. The van der Waals surface area contributed by atoms with E-state index in [1.165, 1.54) is 19.4 Å². The maximum absolute atomic E-state index is 6.08. The monoisotopic (exact) mass is 238 g/mol. The second-order valence-corrected chi connectivity index (χ2v) is 5.26. The van der Waals surface area contributed by atoms with Gasteiger partial charge in [0.15, 0.2) is 0 Å². The summed E-state index contributed by atoms with van der Waals surface area (Å²) >= 11 is 6.08. The molecule has 0 aromatic carbocycles. The summed E-state index contributed by atoms with van der Waals surface area (Å²) in [6, 6.07) is 4.68. The standard InChI is InChI=1S/C13H19ClN2/c1-10-5-7-16(11(2)8-10)9-12-4-3-6-15-13(12)14/h3-4,6,10-11H,5,7-9H2,1-2H3. The van der Waals surface area contributed by atoms with Gasteiger partial charge in [0.2, 0.25) is 0 Å². The van der Waals surface area contributed by atoms with Crippen LogP contribution in [0.15, 0.2) is 18.3 Å². The van der Waals surface area contributed by atoms with Crippen LogP contribution in [-0.4, -0.2) is 22.5 Å². The lowest BCUT2D eigenvalue weighted by atomic mass is 9.93. The Morgan fingerprint density at radius 2 is 2.31 bits per heavy atom. The summed E-state index contributed by atoms with van der Waals surface area (Å²) in [7, 11) is 0. The highest BCUT2D eigenvalue weighted by molar-refractivity contribution is 6.30. The second kappa shape index (κ2) is 5.15. The summed E-state index contributed by atoms with van der Waals surface area (Å²) < 4.78 is 0. The number of aromatic nitrogens is 1. The van der Waals surface area contributed by atoms with Gasteiger partial charge >= 0.3 is 0 Å². The lowest BCUT2D eigenvalue weighted by Gasteiger charge is -2.36. The van der Waals surface area contributed by atoms with Crippen molar-refractivity contribution in [1.29, 1.82) is 0 Å². The number of likely N-dealkylation sites (tertiary alicyclic amines) is 1. The van der Waals surface area contributed by atoms with E-state index in [4.69, 9.17) is 11.6 Å². The van der Waals surface area contributed by atoms with E-state index < -0.39 is 0 Å². The molecule has 3 heteroatoms. The number of halogens is 1. The van der Waals surface area contributed by atoms with Crippen LogP contribution >= 0.6 is 11.6 Å². The van der Waals surface area contributed by atoms with Gasteiger partial charge in [-0.3, -0.25) is 4.90 Å². The normalized spacial score (nSPS) is 26.9. The average molecular weight is 239 g/mol. The maximum atomic E-state index is 6.08. The van der Waals surface area contributed by atoms with Crippen molar-refractivity contribution in [3.63, 3.8) is 0 Å². The van der Waals surface area contributed by atoms with Crippen molar-refractivity contribution in [1.82, 2.24) is 9.88 Å². The number of hydrogen-bond donors (Lipinski definition) is 0. The Bertz CT molecular complexity index is 354. The van der Waals surface area contributed by atoms with Gasteiger partial charge in [-0.1, -0.05) is 24.6 Å². The Labute approximate surface area is 103 Å². The predicted molar refractivity (Wildman–Crippen MR) is 67.5 cm³/mol. The van der Waals surface area contributed by atoms with Crippen LogP contribution in [0, 0.1) is 5.92 Å². The molecule has 2 nitrogen and oxygen atoms in total. The summed E-state index contributed by atoms with van der Waals surface area (Å²) in [5, 5.41) is 0.647. The third-order valence-electron chi connectivity index (χ3n) is 3.49. The first-order chi connectivity index (χ1) is 7.66. The number of pyridine rings is 1. The highest BCUT2D eigenvalue weighted by Gasteiger charge is 2.23. The molecule has 0 radical (unpaired) electrons. The third kappa shape index (κ3) is 2.74. The van der Waals surface area contributed by atoms with Crippen LogP contribution < -0.4 is 0 Å². The van der Waals surface area contributed by atoms with Crippen LogP contribution in [0.5, 0.6) is 0 Å². The first-order valence-corrected chi connectivity index (χ1v) is 6.38. The van der Waals surface area contributed by atoms with E-state index in [1.807, 2.05) is 6.07 Å². The molecule has 1 aliphatic heterocycles. The molecule has 0 bridgehead atoms. The predicted octanol–water partition coefficient (Wildman–Crippen LogP) is 3.36. The molecule has 1 aliphatic rings. The number of hydrogen-bond acceptors (Lipinski definition) is 2. The largest absolute Gasteiger partial charge is 0.296 e. The van der Waals surface area contributed by atoms with Crippen LogP contribution in [-0.2, 0) is 6.54 Å². The number of piperidine rings is 1. The molecule has 0 aliphatic carbocycles. The summed E-state index contributed by atoms with van der Waals surface area (Å²) in [6.07, 6.45) is 4.33. The minimum Gasteiger partial charge on any atom is -0.296 e. The van der Waals surface area contributed by atoms with Crippen LogP contribution in [0.1, 0.15) is 32.3 Å². The Balaban J connectivity index is 2.02. The molecule has 1 aromatic heterocycles. The molecule has 0 amide bonds. The fourth-order valence-corrected chi connectivity index (χ4v) is 2.63. The number of nitrogens with zero attached hydrogens (tertiary/aromatic N) is 2. The second-order valence-electron chi connectivity index (χ2n) is 4.90. The molecule has 1 fully saturated rings. The summed E-state index contributed by atoms with van der Waals surface area (Å²) in [4.78, 5) is 6.63. The van der Waals surface area contributed by atoms with Crippen molar-refractivity contribution in [3.8, 4) is 0 Å². The van der Waals surface area contributed by atoms with Gasteiger partial charge < -0.3 is 0 Å². The van der Waals surface area contributed by atoms with Gasteiger partial charge in [0.1, 0.15) is 5.15 Å². The molecule has 16 heavy (non-hydrogen) atoms. The fourth-order valence-electron chi connectivity index (χ4n) is 2.45. The van der Waals surface area contributed by atoms with Crippen molar-refractivity contribution in [2.24, 2.45) is 5.92 Å². The van der Waals surface area contributed by atoms with E-state index in [0.717, 1.165) is 18.0 Å². The first kappa shape index (κ1) is 11.9. The molecular formula is C13H19ClN2. The molecule has 2 unspecified atom stereocenters. The van der Waals surface area contributed by atoms with E-state index in [9.17, 15) is 0 Å². The van der Waals surface area contributed by atoms with E-state index >= 15 is 0 Å². The Kier molecular flexibility index (Phi) is 3.82. The van der Waals surface area contributed by atoms with Gasteiger partial charge in [0.25, 0.3) is 0 Å². The zero-order valence-corrected chi connectivity index (χ0v) is 10.7. The average Bonchev–Trinajstić information content (AvgIpc) is 2.25. The zero-order valence-electron chi connectivity index (χ0n) is 9.99. The van der Waals surface area contributed by atoms with Crippen LogP contribution in [0.25, 0.3) is 0 Å². The summed E-state index contributed by atoms with van der Waals surface area (Å²) in [6.45, 7) is 6.75. The zero-order chi connectivity index (χ0) is 11.5. The van der Waals surface area contributed by atoms with Gasteiger partial charge in [0, 0.05) is 24.3 Å². The van der Waals surface area contributed by atoms with Crippen molar-refractivity contribution in [2.75, 3.05) is 6.54 Å². The molecule has 88 valence electrons. The van der Waals surface area contributed by atoms with Gasteiger partial charge in [-0.2, -0.15) is 0 Å². The number of rotatable bonds is 2. The molecule has 1 saturated heterocycles. The summed E-state index contributed by atoms with van der Waals surface area (Å²) in [5.74, 6) is 0.857. The quantitative estimate of drug-likeness (QED) is 0.735. The lowest BCUT2D eigenvalue weighted by molar-refractivity contribution is 0.122. The molecule has 2 rings (SSSR count). The van der Waals surface area contributed by atoms with Crippen molar-refractivity contribution in [3.05, 3.63) is 29.0 Å². The van der Waals surface area contributed by atoms with Crippen molar-refractivity contribution >= 4 is 11.6 Å². The van der Waals surface area contributed by atoms with Crippen LogP contribution in [0.3, 0.4) is 0 Å².